The van der Waals surface area contributed by atoms with Crippen LogP contribution in [0, 0.1) is 5.82 Å². The zero-order chi connectivity index (χ0) is 22.5. The second-order valence-corrected chi connectivity index (χ2v) is 7.89. The molecule has 0 radical (unpaired) electrons. The molecule has 0 aliphatic carbocycles. The van der Waals surface area contributed by atoms with Crippen LogP contribution in [0.5, 0.6) is 0 Å². The van der Waals surface area contributed by atoms with Gasteiger partial charge in [0, 0.05) is 13.1 Å². The van der Waals surface area contributed by atoms with Gasteiger partial charge >= 0.3 is 6.09 Å². The van der Waals surface area contributed by atoms with E-state index in [9.17, 15) is 14.0 Å². The van der Waals surface area contributed by atoms with E-state index in [0.29, 0.717) is 44.1 Å². The highest BCUT2D eigenvalue weighted by Crippen LogP contribution is 2.28. The summed E-state index contributed by atoms with van der Waals surface area (Å²) in [6, 6.07) is 13.5. The van der Waals surface area contributed by atoms with Crippen molar-refractivity contribution in [2.75, 3.05) is 49.2 Å². The Morgan fingerprint density at radius 1 is 1.19 bits per heavy atom. The maximum absolute atomic E-state index is 14.7. The zero-order valence-corrected chi connectivity index (χ0v) is 17.7. The summed E-state index contributed by atoms with van der Waals surface area (Å²) in [6.45, 7) is 2.71. The number of hydrogen-bond acceptors (Lipinski definition) is 6. The second-order valence-electron chi connectivity index (χ2n) is 7.89. The molecule has 0 aromatic heterocycles. The van der Waals surface area contributed by atoms with Crippen molar-refractivity contribution in [1.82, 2.24) is 5.32 Å². The molecule has 2 saturated heterocycles. The molecular formula is C23H27FN4O4. The van der Waals surface area contributed by atoms with E-state index in [2.05, 4.69) is 5.32 Å². The van der Waals surface area contributed by atoms with Crippen LogP contribution in [0.2, 0.25) is 0 Å². The van der Waals surface area contributed by atoms with E-state index in [0.717, 1.165) is 5.56 Å². The average Bonchev–Trinajstić information content (AvgIpc) is 3.19. The smallest absolute Gasteiger partial charge is 0.414 e. The monoisotopic (exact) mass is 442 g/mol. The van der Waals surface area contributed by atoms with Gasteiger partial charge in [-0.1, -0.05) is 30.3 Å². The molecule has 2 aromatic carbocycles. The molecule has 0 saturated carbocycles. The van der Waals surface area contributed by atoms with Gasteiger partial charge in [0.25, 0.3) is 0 Å². The minimum atomic E-state index is -0.701. The summed E-state index contributed by atoms with van der Waals surface area (Å²) in [5, 5.41) is 2.74. The lowest BCUT2D eigenvalue weighted by Gasteiger charge is -2.29. The topological polar surface area (TPSA) is 97.1 Å². The van der Waals surface area contributed by atoms with Crippen molar-refractivity contribution < 1.29 is 23.5 Å². The van der Waals surface area contributed by atoms with Crippen LogP contribution in [0.3, 0.4) is 0 Å². The molecule has 3 N–H and O–H groups in total. The van der Waals surface area contributed by atoms with Gasteiger partial charge in [0.15, 0.2) is 0 Å². The molecule has 8 nitrogen and oxygen atoms in total. The van der Waals surface area contributed by atoms with Crippen LogP contribution in [0.1, 0.15) is 5.56 Å². The minimum Gasteiger partial charge on any atom is -0.442 e. The van der Waals surface area contributed by atoms with Gasteiger partial charge in [0.05, 0.1) is 43.7 Å². The Kier molecular flexibility index (Phi) is 6.87. The fourth-order valence-electron chi connectivity index (χ4n) is 3.87. The number of ether oxygens (including phenoxy) is 2. The van der Waals surface area contributed by atoms with Gasteiger partial charge in [-0.3, -0.25) is 9.69 Å². The highest BCUT2D eigenvalue weighted by molar-refractivity contribution is 5.90. The van der Waals surface area contributed by atoms with Crippen LogP contribution in [0.4, 0.5) is 20.6 Å². The minimum absolute atomic E-state index is 0.137. The number of cyclic esters (lactones) is 1. The molecule has 32 heavy (non-hydrogen) atoms. The van der Waals surface area contributed by atoms with Crippen LogP contribution in [0.15, 0.2) is 48.5 Å². The number of nitrogens with zero attached hydrogens (tertiary/aromatic N) is 2. The standard InChI is InChI=1S/C23H27FN4O4/c24-19-13-17(6-7-21(19)27-8-10-31-11-9-27)28-15-18(32-23(28)30)14-26-22(29)20(25)12-16-4-2-1-3-5-16/h1-7,13,18,20H,8-12,14-15,25H2,(H,26,29)/t18-,20?/m1/s1. The number of anilines is 2. The molecule has 2 aliphatic heterocycles. The number of rotatable bonds is 7. The van der Waals surface area contributed by atoms with Crippen molar-refractivity contribution in [1.29, 1.82) is 0 Å². The van der Waals surface area contributed by atoms with E-state index in [1.807, 2.05) is 35.2 Å². The summed E-state index contributed by atoms with van der Waals surface area (Å²) in [4.78, 5) is 27.9. The maximum atomic E-state index is 14.7. The summed E-state index contributed by atoms with van der Waals surface area (Å²) in [7, 11) is 0. The SMILES string of the molecule is NC(Cc1ccccc1)C(=O)NC[C@@H]1CN(c2ccc(N3CCOCC3)c(F)c2)C(=O)O1. The van der Waals surface area contributed by atoms with E-state index in [-0.39, 0.29) is 19.0 Å². The molecule has 2 atom stereocenters. The van der Waals surface area contributed by atoms with Crippen LogP contribution in [-0.4, -0.2) is 63.5 Å². The molecule has 1 unspecified atom stereocenters. The lowest BCUT2D eigenvalue weighted by molar-refractivity contribution is -0.122. The highest BCUT2D eigenvalue weighted by Gasteiger charge is 2.33. The Morgan fingerprint density at radius 3 is 2.66 bits per heavy atom. The van der Waals surface area contributed by atoms with Crippen LogP contribution in [-0.2, 0) is 20.7 Å². The van der Waals surface area contributed by atoms with Gasteiger partial charge in [-0.25, -0.2) is 9.18 Å². The Bertz CT molecular complexity index is 952. The number of nitrogens with one attached hydrogen (secondary N) is 1. The third-order valence-corrected chi connectivity index (χ3v) is 5.61. The largest absolute Gasteiger partial charge is 0.442 e. The average molecular weight is 442 g/mol. The molecule has 2 heterocycles. The highest BCUT2D eigenvalue weighted by atomic mass is 19.1. The predicted molar refractivity (Wildman–Crippen MR) is 118 cm³/mol. The molecule has 9 heteroatoms. The fourth-order valence-corrected chi connectivity index (χ4v) is 3.87. The molecule has 0 bridgehead atoms. The van der Waals surface area contributed by atoms with Crippen LogP contribution in [0.25, 0.3) is 0 Å². The summed E-state index contributed by atoms with van der Waals surface area (Å²) >= 11 is 0. The third-order valence-electron chi connectivity index (χ3n) is 5.61. The quantitative estimate of drug-likeness (QED) is 0.677. The number of carbonyl (C=O) groups excluding carboxylic acids is 2. The van der Waals surface area contributed by atoms with Crippen LogP contribution >= 0.6 is 0 Å². The fraction of sp³-hybridized carbons (Fsp3) is 0.391. The first-order chi connectivity index (χ1) is 15.5. The molecule has 2 fully saturated rings. The summed E-state index contributed by atoms with van der Waals surface area (Å²) in [5.74, 6) is -0.718. The lowest BCUT2D eigenvalue weighted by atomic mass is 10.1. The van der Waals surface area contributed by atoms with Gasteiger partial charge in [0.2, 0.25) is 5.91 Å². The van der Waals surface area contributed by atoms with E-state index < -0.39 is 24.1 Å². The van der Waals surface area contributed by atoms with E-state index in [1.165, 1.54) is 11.0 Å². The summed E-state index contributed by atoms with van der Waals surface area (Å²) in [5.41, 5.74) is 7.86. The number of nitrogens with two attached hydrogens (primary N) is 1. The van der Waals surface area contributed by atoms with E-state index >= 15 is 0 Å². The van der Waals surface area contributed by atoms with Gasteiger partial charge in [0.1, 0.15) is 11.9 Å². The number of carbonyl (C=O) groups is 2. The number of benzene rings is 2. The Balaban J connectivity index is 1.31. The van der Waals surface area contributed by atoms with Crippen molar-refractivity contribution >= 4 is 23.4 Å². The normalized spacial score (nSPS) is 19.6. The Labute approximate surface area is 186 Å². The van der Waals surface area contributed by atoms with Crippen molar-refractivity contribution in [3.8, 4) is 0 Å². The zero-order valence-electron chi connectivity index (χ0n) is 17.7. The summed E-state index contributed by atoms with van der Waals surface area (Å²) < 4.78 is 25.4. The molecule has 2 amide bonds. The molecular weight excluding hydrogens is 415 g/mol. The molecule has 4 rings (SSSR count). The second kappa shape index (κ2) is 9.97. The van der Waals surface area contributed by atoms with E-state index in [4.69, 9.17) is 15.2 Å². The van der Waals surface area contributed by atoms with Gasteiger partial charge in [-0.15, -0.1) is 0 Å². The van der Waals surface area contributed by atoms with Crippen molar-refractivity contribution in [2.24, 2.45) is 5.73 Å². The van der Waals surface area contributed by atoms with E-state index in [1.54, 1.807) is 12.1 Å². The van der Waals surface area contributed by atoms with Crippen LogP contribution < -0.4 is 20.9 Å². The van der Waals surface area contributed by atoms with Crippen molar-refractivity contribution in [3.63, 3.8) is 0 Å². The van der Waals surface area contributed by atoms with Crippen molar-refractivity contribution in [3.05, 3.63) is 59.9 Å². The summed E-state index contributed by atoms with van der Waals surface area (Å²) in [6.07, 6.45) is -0.702. The number of hydrogen-bond donors (Lipinski definition) is 2. The van der Waals surface area contributed by atoms with Gasteiger partial charge < -0.3 is 25.4 Å². The molecule has 0 spiro atoms. The first-order valence-corrected chi connectivity index (χ1v) is 10.7. The third kappa shape index (κ3) is 5.17. The first-order valence-electron chi connectivity index (χ1n) is 10.7. The van der Waals surface area contributed by atoms with Crippen molar-refractivity contribution in [2.45, 2.75) is 18.6 Å². The maximum Gasteiger partial charge on any atom is 0.414 e. The van der Waals surface area contributed by atoms with Gasteiger partial charge in [-0.2, -0.15) is 0 Å². The Morgan fingerprint density at radius 2 is 1.94 bits per heavy atom. The number of morpholine rings is 1. The number of amides is 2. The lowest BCUT2D eigenvalue weighted by Crippen LogP contribution is -2.45. The number of halogens is 1. The molecule has 2 aromatic rings. The first kappa shape index (κ1) is 22.0. The Hall–Kier alpha value is -3.17. The van der Waals surface area contributed by atoms with Gasteiger partial charge in [-0.05, 0) is 30.2 Å². The predicted octanol–water partition coefficient (Wildman–Crippen LogP) is 1.67. The molecule has 2 aliphatic rings. The molecule has 170 valence electrons.